The maximum Gasteiger partial charge on any atom is 0.327 e. The van der Waals surface area contributed by atoms with Gasteiger partial charge in [0.2, 0.25) is 0 Å². The van der Waals surface area contributed by atoms with Gasteiger partial charge < -0.3 is 9.30 Å². The number of aromatic nitrogens is 2. The zero-order valence-corrected chi connectivity index (χ0v) is 10.4. The number of imidazole rings is 1. The van der Waals surface area contributed by atoms with Gasteiger partial charge in [-0.25, -0.2) is 4.79 Å². The first-order chi connectivity index (χ1) is 8.75. The normalized spacial score (nSPS) is 18.2. The van der Waals surface area contributed by atoms with E-state index >= 15 is 0 Å². The molecule has 1 atom stereocenters. The summed E-state index contributed by atoms with van der Waals surface area (Å²) in [5, 5.41) is 0. The fourth-order valence-corrected chi connectivity index (χ4v) is 2.49. The van der Waals surface area contributed by atoms with Crippen molar-refractivity contribution in [3.63, 3.8) is 0 Å². The summed E-state index contributed by atoms with van der Waals surface area (Å²) in [5.41, 5.74) is 1.25. The summed E-state index contributed by atoms with van der Waals surface area (Å²) in [7, 11) is 1.77. The van der Waals surface area contributed by atoms with Gasteiger partial charge in [-0.15, -0.1) is 0 Å². The second-order valence-corrected chi connectivity index (χ2v) is 4.72. The molecule has 1 aliphatic rings. The Morgan fingerprint density at radius 1 is 1.33 bits per heavy atom. The molecule has 0 amide bonds. The van der Waals surface area contributed by atoms with Crippen LogP contribution in [0.2, 0.25) is 0 Å². The van der Waals surface area contributed by atoms with E-state index in [9.17, 15) is 4.79 Å². The van der Waals surface area contributed by atoms with Crippen molar-refractivity contribution in [1.29, 1.82) is 0 Å². The third-order valence-corrected chi connectivity index (χ3v) is 3.52. The first-order valence-corrected chi connectivity index (χ1v) is 6.19. The van der Waals surface area contributed by atoms with Crippen LogP contribution in [0.4, 0.5) is 0 Å². The standard InChI is InChI=1S/C14H16N2O2/c1-15-7-8-16(14(15)17)10-11-6-9-18-13-5-3-2-4-12(11)13/h2-5,7-8,11H,6,9-10H2,1H3. The van der Waals surface area contributed by atoms with Gasteiger partial charge >= 0.3 is 5.69 Å². The smallest absolute Gasteiger partial charge is 0.327 e. The lowest BCUT2D eigenvalue weighted by atomic mass is 9.93. The van der Waals surface area contributed by atoms with Gasteiger partial charge in [-0.2, -0.15) is 0 Å². The molecule has 0 bridgehead atoms. The maximum absolute atomic E-state index is 11.8. The van der Waals surface area contributed by atoms with E-state index in [1.807, 2.05) is 24.4 Å². The summed E-state index contributed by atoms with van der Waals surface area (Å²) < 4.78 is 9.01. The molecule has 1 aromatic carbocycles. The first-order valence-electron chi connectivity index (χ1n) is 6.19. The van der Waals surface area contributed by atoms with Gasteiger partial charge in [-0.3, -0.25) is 4.57 Å². The molecule has 0 spiro atoms. The van der Waals surface area contributed by atoms with E-state index in [1.54, 1.807) is 22.4 Å². The predicted molar refractivity (Wildman–Crippen MR) is 69.0 cm³/mol. The summed E-state index contributed by atoms with van der Waals surface area (Å²) >= 11 is 0. The molecule has 1 unspecified atom stereocenters. The molecular weight excluding hydrogens is 228 g/mol. The number of para-hydroxylation sites is 1. The Hall–Kier alpha value is -1.97. The Balaban J connectivity index is 1.91. The minimum absolute atomic E-state index is 0.0407. The third kappa shape index (κ3) is 1.83. The number of benzene rings is 1. The molecule has 1 aromatic heterocycles. The number of ether oxygens (including phenoxy) is 1. The van der Waals surface area contributed by atoms with Crippen LogP contribution in [0.1, 0.15) is 17.9 Å². The number of rotatable bonds is 2. The predicted octanol–water partition coefficient (Wildman–Crippen LogP) is 1.75. The summed E-state index contributed by atoms with van der Waals surface area (Å²) in [4.78, 5) is 11.8. The number of fused-ring (bicyclic) bond motifs is 1. The highest BCUT2D eigenvalue weighted by molar-refractivity contribution is 5.37. The average molecular weight is 244 g/mol. The highest BCUT2D eigenvalue weighted by Crippen LogP contribution is 2.33. The molecule has 2 heterocycles. The molecule has 0 saturated carbocycles. The van der Waals surface area contributed by atoms with E-state index in [2.05, 4.69) is 6.07 Å². The molecular formula is C14H16N2O2. The molecule has 0 N–H and O–H groups in total. The van der Waals surface area contributed by atoms with Crippen molar-refractivity contribution < 1.29 is 4.74 Å². The van der Waals surface area contributed by atoms with E-state index in [1.165, 1.54) is 5.56 Å². The van der Waals surface area contributed by atoms with Crippen LogP contribution in [-0.4, -0.2) is 15.7 Å². The third-order valence-electron chi connectivity index (χ3n) is 3.52. The fourth-order valence-electron chi connectivity index (χ4n) is 2.49. The Morgan fingerprint density at radius 2 is 2.17 bits per heavy atom. The summed E-state index contributed by atoms with van der Waals surface area (Å²) in [6.07, 6.45) is 4.60. The molecule has 0 saturated heterocycles. The van der Waals surface area contributed by atoms with Gasteiger partial charge in [0.25, 0.3) is 0 Å². The van der Waals surface area contributed by atoms with E-state index < -0.39 is 0 Å². The van der Waals surface area contributed by atoms with Crippen molar-refractivity contribution in [2.75, 3.05) is 6.61 Å². The Kier molecular flexibility index (Phi) is 2.70. The van der Waals surface area contributed by atoms with E-state index in [0.717, 1.165) is 25.3 Å². The Labute approximate surface area is 105 Å². The molecule has 18 heavy (non-hydrogen) atoms. The molecule has 3 rings (SSSR count). The van der Waals surface area contributed by atoms with Crippen LogP contribution in [-0.2, 0) is 13.6 Å². The van der Waals surface area contributed by atoms with Crippen LogP contribution >= 0.6 is 0 Å². The van der Waals surface area contributed by atoms with E-state index in [0.29, 0.717) is 5.92 Å². The van der Waals surface area contributed by atoms with E-state index in [4.69, 9.17) is 4.74 Å². The quantitative estimate of drug-likeness (QED) is 0.807. The number of hydrogen-bond donors (Lipinski definition) is 0. The van der Waals surface area contributed by atoms with Gasteiger partial charge in [0.15, 0.2) is 0 Å². The lowest BCUT2D eigenvalue weighted by molar-refractivity contribution is 0.258. The Morgan fingerprint density at radius 3 is 2.94 bits per heavy atom. The lowest BCUT2D eigenvalue weighted by Crippen LogP contribution is -2.26. The largest absolute Gasteiger partial charge is 0.493 e. The van der Waals surface area contributed by atoms with Crippen LogP contribution in [0.3, 0.4) is 0 Å². The summed E-state index contributed by atoms with van der Waals surface area (Å²) in [6.45, 7) is 1.45. The molecule has 0 aliphatic carbocycles. The molecule has 2 aromatic rings. The SMILES string of the molecule is Cn1ccn(CC2CCOc3ccccc32)c1=O. The summed E-state index contributed by atoms with van der Waals surface area (Å²) in [5.74, 6) is 1.31. The summed E-state index contributed by atoms with van der Waals surface area (Å²) in [6, 6.07) is 8.09. The zero-order valence-electron chi connectivity index (χ0n) is 10.4. The van der Waals surface area contributed by atoms with Crippen LogP contribution < -0.4 is 10.4 Å². The molecule has 0 fully saturated rings. The highest BCUT2D eigenvalue weighted by atomic mass is 16.5. The topological polar surface area (TPSA) is 36.2 Å². The molecule has 4 heteroatoms. The minimum Gasteiger partial charge on any atom is -0.493 e. The first kappa shape index (κ1) is 11.1. The molecule has 4 nitrogen and oxygen atoms in total. The average Bonchev–Trinajstić information content (AvgIpc) is 2.71. The van der Waals surface area contributed by atoms with Crippen molar-refractivity contribution in [2.45, 2.75) is 18.9 Å². The second-order valence-electron chi connectivity index (χ2n) is 4.72. The highest BCUT2D eigenvalue weighted by Gasteiger charge is 2.21. The van der Waals surface area contributed by atoms with E-state index in [-0.39, 0.29) is 5.69 Å². The minimum atomic E-state index is 0.0407. The van der Waals surface area contributed by atoms with Gasteiger partial charge in [0.05, 0.1) is 6.61 Å². The van der Waals surface area contributed by atoms with Crippen molar-refractivity contribution in [2.24, 2.45) is 7.05 Å². The van der Waals surface area contributed by atoms with Gasteiger partial charge in [0.1, 0.15) is 5.75 Å². The van der Waals surface area contributed by atoms with Gasteiger partial charge in [0, 0.05) is 31.9 Å². The Bertz CT molecular complexity index is 612. The number of nitrogens with zero attached hydrogens (tertiary/aromatic N) is 2. The van der Waals surface area contributed by atoms with Crippen LogP contribution in [0.15, 0.2) is 41.5 Å². The lowest BCUT2D eigenvalue weighted by Gasteiger charge is -2.25. The molecule has 0 radical (unpaired) electrons. The van der Waals surface area contributed by atoms with Gasteiger partial charge in [-0.1, -0.05) is 18.2 Å². The molecule has 1 aliphatic heterocycles. The fraction of sp³-hybridized carbons (Fsp3) is 0.357. The second kappa shape index (κ2) is 4.37. The van der Waals surface area contributed by atoms with Crippen molar-refractivity contribution in [1.82, 2.24) is 9.13 Å². The van der Waals surface area contributed by atoms with Crippen molar-refractivity contribution >= 4 is 0 Å². The van der Waals surface area contributed by atoms with Crippen molar-refractivity contribution in [3.8, 4) is 5.75 Å². The number of hydrogen-bond acceptors (Lipinski definition) is 2. The number of aryl methyl sites for hydroxylation is 1. The van der Waals surface area contributed by atoms with Crippen LogP contribution in [0.25, 0.3) is 0 Å². The maximum atomic E-state index is 11.8. The molecule has 94 valence electrons. The monoisotopic (exact) mass is 244 g/mol. The zero-order chi connectivity index (χ0) is 12.5. The van der Waals surface area contributed by atoms with Crippen LogP contribution in [0.5, 0.6) is 5.75 Å². The van der Waals surface area contributed by atoms with Crippen molar-refractivity contribution in [3.05, 3.63) is 52.7 Å². The van der Waals surface area contributed by atoms with Crippen LogP contribution in [0, 0.1) is 0 Å². The van der Waals surface area contributed by atoms with Gasteiger partial charge in [-0.05, 0) is 18.1 Å².